The van der Waals surface area contributed by atoms with Crippen LogP contribution in [0, 0.1) is 5.41 Å². The number of benzene rings is 3. The van der Waals surface area contributed by atoms with Crippen LogP contribution in [0.3, 0.4) is 0 Å². The first kappa shape index (κ1) is 20.8. The van der Waals surface area contributed by atoms with Crippen LogP contribution in [0.2, 0.25) is 5.04 Å². The molecular weight excluding hydrogens is 364 g/mol. The molecule has 3 aromatic rings. The minimum absolute atomic E-state index is 0.227. The number of rotatable bonds is 8. The Morgan fingerprint density at radius 2 is 0.828 bits per heavy atom. The summed E-state index contributed by atoms with van der Waals surface area (Å²) in [6.07, 6.45) is 6.05. The third-order valence-corrected chi connectivity index (χ3v) is 12.6. The minimum atomic E-state index is -2.56. The van der Waals surface area contributed by atoms with E-state index in [4.69, 9.17) is 0 Å². The van der Waals surface area contributed by atoms with Crippen LogP contribution in [0.25, 0.3) is 0 Å². The van der Waals surface area contributed by atoms with Gasteiger partial charge in [-0.3, -0.25) is 0 Å². The van der Waals surface area contributed by atoms with Crippen LogP contribution in [0.15, 0.2) is 129 Å². The Morgan fingerprint density at radius 1 is 0.552 bits per heavy atom. The van der Waals surface area contributed by atoms with E-state index in [-0.39, 0.29) is 5.04 Å². The van der Waals surface area contributed by atoms with E-state index in [1.807, 2.05) is 18.2 Å². The molecule has 0 aromatic heterocycles. The summed E-state index contributed by atoms with van der Waals surface area (Å²) in [5, 5.41) is 3.89. The van der Waals surface area contributed by atoms with Crippen LogP contribution in [0.1, 0.15) is 13.8 Å². The van der Waals surface area contributed by atoms with Crippen LogP contribution >= 0.6 is 0 Å². The fourth-order valence-electron chi connectivity index (χ4n) is 4.99. The summed E-state index contributed by atoms with van der Waals surface area (Å²) in [4.78, 5) is 0. The Bertz CT molecular complexity index is 850. The van der Waals surface area contributed by atoms with Crippen molar-refractivity contribution in [3.05, 3.63) is 129 Å². The van der Waals surface area contributed by atoms with Crippen LogP contribution in [0.4, 0.5) is 0 Å². The highest BCUT2D eigenvalue weighted by Gasteiger charge is 2.58. The number of hydrogen-bond donors (Lipinski definition) is 0. The minimum Gasteiger partial charge on any atom is -0.102 e. The molecule has 1 heteroatoms. The summed E-state index contributed by atoms with van der Waals surface area (Å²) in [7, 11) is -2.56. The average molecular weight is 395 g/mol. The van der Waals surface area contributed by atoms with Gasteiger partial charge in [-0.1, -0.05) is 123 Å². The quantitative estimate of drug-likeness (QED) is 0.269. The van der Waals surface area contributed by atoms with Gasteiger partial charge in [0.2, 0.25) is 0 Å². The second-order valence-corrected chi connectivity index (χ2v) is 12.5. The van der Waals surface area contributed by atoms with Gasteiger partial charge in [-0.15, -0.1) is 19.7 Å². The molecule has 0 aliphatic carbocycles. The summed E-state index contributed by atoms with van der Waals surface area (Å²) in [5.74, 6) is 0. The van der Waals surface area contributed by atoms with Gasteiger partial charge in [0, 0.05) is 5.41 Å². The molecule has 0 N–H and O–H groups in total. The van der Waals surface area contributed by atoms with E-state index in [0.29, 0.717) is 0 Å². The third kappa shape index (κ3) is 3.06. The zero-order chi connectivity index (χ0) is 21.0. The van der Waals surface area contributed by atoms with Gasteiger partial charge in [-0.05, 0) is 20.6 Å². The molecule has 0 spiro atoms. The van der Waals surface area contributed by atoms with Crippen molar-refractivity contribution in [3.8, 4) is 0 Å². The lowest BCUT2D eigenvalue weighted by Gasteiger charge is -2.54. The van der Waals surface area contributed by atoms with Gasteiger partial charge >= 0.3 is 0 Å². The molecule has 0 aliphatic heterocycles. The van der Waals surface area contributed by atoms with Crippen molar-refractivity contribution in [2.45, 2.75) is 18.9 Å². The Hall–Kier alpha value is -2.90. The molecule has 0 aliphatic rings. The summed E-state index contributed by atoms with van der Waals surface area (Å²) in [6.45, 7) is 17.4. The van der Waals surface area contributed by atoms with Gasteiger partial charge in [0.05, 0.1) is 0 Å². The zero-order valence-electron chi connectivity index (χ0n) is 17.5. The predicted molar refractivity (Wildman–Crippen MR) is 131 cm³/mol. The second-order valence-electron chi connectivity index (χ2n) is 8.02. The Balaban J connectivity index is 2.55. The highest BCUT2D eigenvalue weighted by Crippen LogP contribution is 2.54. The van der Waals surface area contributed by atoms with Crippen molar-refractivity contribution in [1.29, 1.82) is 0 Å². The molecule has 0 radical (unpaired) electrons. The molecule has 146 valence electrons. The topological polar surface area (TPSA) is 0 Å². The van der Waals surface area contributed by atoms with Crippen molar-refractivity contribution in [2.75, 3.05) is 0 Å². The van der Waals surface area contributed by atoms with Crippen molar-refractivity contribution in [2.24, 2.45) is 5.41 Å². The first-order valence-electron chi connectivity index (χ1n) is 10.1. The van der Waals surface area contributed by atoms with Crippen LogP contribution in [0.5, 0.6) is 0 Å². The molecule has 0 unspecified atom stereocenters. The molecule has 29 heavy (non-hydrogen) atoms. The lowest BCUT2D eigenvalue weighted by molar-refractivity contribution is 0.446. The SMILES string of the molecule is C=CC(C=C)(C=C)C(C)(C)[Si](c1ccccc1)(c1ccccc1)c1ccccc1. The molecule has 0 heterocycles. The fraction of sp³-hybridized carbons (Fsp3) is 0.143. The normalized spacial score (nSPS) is 12.2. The summed E-state index contributed by atoms with van der Waals surface area (Å²) >= 11 is 0. The van der Waals surface area contributed by atoms with E-state index in [0.717, 1.165) is 0 Å². The van der Waals surface area contributed by atoms with Crippen molar-refractivity contribution in [1.82, 2.24) is 0 Å². The third-order valence-electron chi connectivity index (χ3n) is 6.65. The molecule has 0 nitrogen and oxygen atoms in total. The Morgan fingerprint density at radius 3 is 1.07 bits per heavy atom. The summed E-state index contributed by atoms with van der Waals surface area (Å²) < 4.78 is 0. The maximum atomic E-state index is 4.22. The molecule has 0 fully saturated rings. The lowest BCUT2D eigenvalue weighted by atomic mass is 9.76. The van der Waals surface area contributed by atoms with Gasteiger partial charge in [-0.2, -0.15) is 0 Å². The predicted octanol–water partition coefficient (Wildman–Crippen LogP) is 5.48. The molecule has 0 saturated heterocycles. The van der Waals surface area contributed by atoms with Gasteiger partial charge in [0.1, 0.15) is 0 Å². The lowest BCUT2D eigenvalue weighted by Crippen LogP contribution is -2.75. The van der Waals surface area contributed by atoms with Crippen molar-refractivity contribution < 1.29 is 0 Å². The molecule has 3 rings (SSSR count). The van der Waals surface area contributed by atoms with Crippen molar-refractivity contribution >= 4 is 23.6 Å². The number of allylic oxidation sites excluding steroid dienone is 3. The van der Waals surface area contributed by atoms with E-state index < -0.39 is 13.5 Å². The van der Waals surface area contributed by atoms with E-state index in [1.54, 1.807) is 0 Å². The van der Waals surface area contributed by atoms with Crippen LogP contribution in [-0.2, 0) is 0 Å². The second kappa shape index (κ2) is 8.22. The van der Waals surface area contributed by atoms with E-state index in [1.165, 1.54) is 15.6 Å². The molecular formula is C28H30Si. The highest BCUT2D eigenvalue weighted by molar-refractivity contribution is 7.13. The standard InChI is InChI=1S/C28H30Si/c1-6-28(7-2,8-3)27(4,5)29(24-18-12-9-13-19-24,25-20-14-10-15-21-25)26-22-16-11-17-23-26/h6-23H,1-3H2,4-5H3. The molecule has 0 saturated carbocycles. The van der Waals surface area contributed by atoms with E-state index in [2.05, 4.69) is 125 Å². The first-order chi connectivity index (χ1) is 14.0. The summed E-state index contributed by atoms with van der Waals surface area (Å²) in [5.41, 5.74) is -0.430. The Kier molecular flexibility index (Phi) is 5.90. The van der Waals surface area contributed by atoms with Crippen molar-refractivity contribution in [3.63, 3.8) is 0 Å². The van der Waals surface area contributed by atoms with Gasteiger partial charge in [0.25, 0.3) is 0 Å². The highest BCUT2D eigenvalue weighted by atomic mass is 28.3. The van der Waals surface area contributed by atoms with E-state index in [9.17, 15) is 0 Å². The maximum Gasteiger partial charge on any atom is 0.155 e. The summed E-state index contributed by atoms with van der Waals surface area (Å²) in [6, 6.07) is 32.9. The molecule has 0 amide bonds. The van der Waals surface area contributed by atoms with Gasteiger partial charge in [0.15, 0.2) is 8.07 Å². The van der Waals surface area contributed by atoms with Gasteiger partial charge in [-0.25, -0.2) is 0 Å². The van der Waals surface area contributed by atoms with Crippen LogP contribution in [-0.4, -0.2) is 8.07 Å². The molecule has 3 aromatic carbocycles. The van der Waals surface area contributed by atoms with Gasteiger partial charge < -0.3 is 0 Å². The Labute approximate surface area is 177 Å². The zero-order valence-corrected chi connectivity index (χ0v) is 18.5. The number of hydrogen-bond acceptors (Lipinski definition) is 0. The first-order valence-corrected chi connectivity index (χ1v) is 12.1. The van der Waals surface area contributed by atoms with Crippen LogP contribution < -0.4 is 15.6 Å². The molecule has 0 bridgehead atoms. The smallest absolute Gasteiger partial charge is 0.102 e. The molecule has 0 atom stereocenters. The largest absolute Gasteiger partial charge is 0.155 e. The fourth-order valence-corrected chi connectivity index (χ4v) is 11.2. The average Bonchev–Trinajstić information content (AvgIpc) is 2.78. The van der Waals surface area contributed by atoms with E-state index >= 15 is 0 Å². The monoisotopic (exact) mass is 394 g/mol. The maximum absolute atomic E-state index is 4.22.